The Balaban J connectivity index is 2.21. The Bertz CT molecular complexity index is 766. The molecular formula is C15H7F3O2Se. The van der Waals surface area contributed by atoms with Crippen molar-refractivity contribution >= 4 is 31.0 Å². The van der Waals surface area contributed by atoms with Crippen LogP contribution < -0.4 is 4.46 Å². The minimum atomic E-state index is -4.37. The van der Waals surface area contributed by atoms with Crippen molar-refractivity contribution in [1.82, 2.24) is 0 Å². The molecule has 0 saturated carbocycles. The molecule has 2 nitrogen and oxygen atoms in total. The first-order valence-electron chi connectivity index (χ1n) is 5.95. The quantitative estimate of drug-likeness (QED) is 0.628. The van der Waals surface area contributed by atoms with Crippen molar-refractivity contribution in [2.75, 3.05) is 0 Å². The van der Waals surface area contributed by atoms with E-state index >= 15 is 0 Å². The van der Waals surface area contributed by atoms with Crippen molar-refractivity contribution in [1.29, 1.82) is 0 Å². The molecule has 0 saturated heterocycles. The summed E-state index contributed by atoms with van der Waals surface area (Å²) in [4.78, 5) is 24.8. The Kier molecular flexibility index (Phi) is 3.23. The van der Waals surface area contributed by atoms with Crippen LogP contribution in [0.1, 0.15) is 31.8 Å². The van der Waals surface area contributed by atoms with Crippen LogP contribution in [0.2, 0.25) is 0 Å². The van der Waals surface area contributed by atoms with Crippen LogP contribution in [0.4, 0.5) is 13.2 Å². The predicted molar refractivity (Wildman–Crippen MR) is 71.2 cm³/mol. The Hall–Kier alpha value is -1.91. The Morgan fingerprint density at radius 3 is 1.95 bits per heavy atom. The van der Waals surface area contributed by atoms with Crippen LogP contribution in [0.3, 0.4) is 0 Å². The van der Waals surface area contributed by atoms with Gasteiger partial charge in [0.2, 0.25) is 0 Å². The zero-order chi connectivity index (χ0) is 15.2. The van der Waals surface area contributed by atoms with Gasteiger partial charge in [0, 0.05) is 0 Å². The first kappa shape index (κ1) is 14.0. The number of hydrogen-bond donors (Lipinski definition) is 0. The van der Waals surface area contributed by atoms with Crippen LogP contribution in [-0.4, -0.2) is 31.6 Å². The molecule has 3 rings (SSSR count). The number of benzene rings is 2. The van der Waals surface area contributed by atoms with Gasteiger partial charge in [-0.25, -0.2) is 0 Å². The number of fused-ring (bicyclic) bond motifs is 2. The molecule has 0 fully saturated rings. The molecule has 0 amide bonds. The molecule has 0 radical (unpaired) electrons. The van der Waals surface area contributed by atoms with E-state index in [9.17, 15) is 22.8 Å². The molecule has 0 bridgehead atoms. The molecule has 0 atom stereocenters. The number of ketones is 2. The van der Waals surface area contributed by atoms with E-state index in [0.717, 1.165) is 0 Å². The summed E-state index contributed by atoms with van der Waals surface area (Å²) in [5, 5.41) is -4.37. The zero-order valence-corrected chi connectivity index (χ0v) is 12.1. The van der Waals surface area contributed by atoms with Crippen molar-refractivity contribution in [2.45, 2.75) is 5.07 Å². The van der Waals surface area contributed by atoms with Gasteiger partial charge in [-0.15, -0.1) is 0 Å². The number of rotatable bonds is 1. The van der Waals surface area contributed by atoms with Crippen LogP contribution in [-0.2, 0) is 0 Å². The summed E-state index contributed by atoms with van der Waals surface area (Å²) in [6, 6.07) is 10.3. The van der Waals surface area contributed by atoms with Crippen molar-refractivity contribution in [3.05, 3.63) is 64.7 Å². The van der Waals surface area contributed by atoms with E-state index in [1.54, 1.807) is 12.1 Å². The van der Waals surface area contributed by atoms with Crippen molar-refractivity contribution < 1.29 is 22.8 Å². The molecule has 0 unspecified atom stereocenters. The second kappa shape index (κ2) is 4.83. The second-order valence-corrected chi connectivity index (χ2v) is 6.75. The summed E-state index contributed by atoms with van der Waals surface area (Å²) in [6.07, 6.45) is 0. The number of halogens is 3. The van der Waals surface area contributed by atoms with Gasteiger partial charge < -0.3 is 0 Å². The third kappa shape index (κ3) is 2.41. The van der Waals surface area contributed by atoms with Gasteiger partial charge in [-0.3, -0.25) is 0 Å². The summed E-state index contributed by atoms with van der Waals surface area (Å²) in [7, 11) is 0. The standard InChI is InChI=1S/C15H7F3O2Se/c16-15(17,18)21-11-7-3-6-10-12(11)14(20)9-5-2-1-4-8(9)13(10)19/h1-7H. The van der Waals surface area contributed by atoms with E-state index in [1.807, 2.05) is 0 Å². The third-order valence-corrected chi connectivity index (χ3v) is 4.80. The normalized spacial score (nSPS) is 13.9. The summed E-state index contributed by atoms with van der Waals surface area (Å²) in [5.41, 5.74) is 0.368. The van der Waals surface area contributed by atoms with Crippen molar-refractivity contribution in [3.8, 4) is 0 Å². The van der Waals surface area contributed by atoms with Crippen LogP contribution in [0.25, 0.3) is 0 Å². The monoisotopic (exact) mass is 356 g/mol. The second-order valence-electron chi connectivity index (χ2n) is 4.43. The van der Waals surface area contributed by atoms with Crippen LogP contribution >= 0.6 is 0 Å². The maximum absolute atomic E-state index is 12.7. The van der Waals surface area contributed by atoms with E-state index in [1.165, 1.54) is 30.3 Å². The average molecular weight is 355 g/mol. The Morgan fingerprint density at radius 1 is 0.762 bits per heavy atom. The first-order valence-corrected chi connectivity index (χ1v) is 7.67. The van der Waals surface area contributed by atoms with Crippen LogP contribution in [0, 0.1) is 0 Å². The molecule has 0 spiro atoms. The molecule has 2 aromatic carbocycles. The molecule has 1 aliphatic carbocycles. The van der Waals surface area contributed by atoms with Gasteiger partial charge in [-0.1, -0.05) is 0 Å². The average Bonchev–Trinajstić information content (AvgIpc) is 2.43. The molecule has 0 aliphatic heterocycles. The van der Waals surface area contributed by atoms with E-state index in [-0.39, 0.29) is 26.7 Å². The van der Waals surface area contributed by atoms with Gasteiger partial charge in [0.05, 0.1) is 0 Å². The molecule has 0 N–H and O–H groups in total. The molecule has 6 heteroatoms. The topological polar surface area (TPSA) is 34.1 Å². The minimum absolute atomic E-state index is 0.0577. The van der Waals surface area contributed by atoms with Crippen LogP contribution in [0.15, 0.2) is 42.5 Å². The van der Waals surface area contributed by atoms with Gasteiger partial charge in [0.25, 0.3) is 0 Å². The molecule has 2 aromatic rings. The van der Waals surface area contributed by atoms with Gasteiger partial charge >= 0.3 is 124 Å². The molecule has 21 heavy (non-hydrogen) atoms. The molecule has 106 valence electrons. The number of hydrogen-bond acceptors (Lipinski definition) is 2. The third-order valence-electron chi connectivity index (χ3n) is 3.14. The van der Waals surface area contributed by atoms with Crippen molar-refractivity contribution in [3.63, 3.8) is 0 Å². The van der Waals surface area contributed by atoms with Gasteiger partial charge in [0.15, 0.2) is 0 Å². The molecule has 0 heterocycles. The van der Waals surface area contributed by atoms with E-state index in [0.29, 0.717) is 0 Å². The first-order chi connectivity index (χ1) is 9.88. The number of carbonyl (C=O) groups excluding carboxylic acids is 2. The fourth-order valence-electron chi connectivity index (χ4n) is 2.32. The van der Waals surface area contributed by atoms with Crippen molar-refractivity contribution in [2.24, 2.45) is 0 Å². The Labute approximate surface area is 124 Å². The summed E-state index contributed by atoms with van der Waals surface area (Å²) in [6.45, 7) is 0. The van der Waals surface area contributed by atoms with E-state index < -0.39 is 31.6 Å². The fourth-order valence-corrected chi connectivity index (χ4v) is 3.79. The van der Waals surface area contributed by atoms with E-state index in [4.69, 9.17) is 0 Å². The summed E-state index contributed by atoms with van der Waals surface area (Å²) >= 11 is -1.86. The SMILES string of the molecule is O=C1c2ccccc2C(=O)c2c([Se]C(F)(F)F)cccc21. The Morgan fingerprint density at radius 2 is 1.33 bits per heavy atom. The predicted octanol–water partition coefficient (Wildman–Crippen LogP) is 2.31. The molecule has 0 aromatic heterocycles. The molecule has 1 aliphatic rings. The number of carbonyl (C=O) groups is 2. The van der Waals surface area contributed by atoms with Gasteiger partial charge in [-0.2, -0.15) is 0 Å². The summed E-state index contributed by atoms with van der Waals surface area (Å²) < 4.78 is 37.9. The maximum atomic E-state index is 12.7. The number of alkyl halides is 3. The molecular weight excluding hydrogens is 348 g/mol. The summed E-state index contributed by atoms with van der Waals surface area (Å²) in [5.74, 6) is -0.915. The van der Waals surface area contributed by atoms with Gasteiger partial charge in [0.1, 0.15) is 0 Å². The zero-order valence-electron chi connectivity index (χ0n) is 10.4. The van der Waals surface area contributed by atoms with Crippen LogP contribution in [0.5, 0.6) is 0 Å². The van der Waals surface area contributed by atoms with Gasteiger partial charge in [-0.05, 0) is 0 Å². The fraction of sp³-hybridized carbons (Fsp3) is 0.0667. The van der Waals surface area contributed by atoms with E-state index in [2.05, 4.69) is 0 Å².